The Morgan fingerprint density at radius 1 is 1.17 bits per heavy atom. The number of hydrogen-bond donors (Lipinski definition) is 2. The van der Waals surface area contributed by atoms with Crippen LogP contribution in [0.4, 0.5) is 0 Å². The summed E-state index contributed by atoms with van der Waals surface area (Å²) in [6.45, 7) is 7.55. The van der Waals surface area contributed by atoms with Crippen molar-refractivity contribution < 1.29 is 24.1 Å². The molecule has 6 atom stereocenters. The van der Waals surface area contributed by atoms with E-state index in [9.17, 15) is 4.79 Å². The van der Waals surface area contributed by atoms with Crippen LogP contribution in [-0.4, -0.2) is 48.1 Å². The number of ether oxygens (including phenoxy) is 3. The van der Waals surface area contributed by atoms with Gasteiger partial charge in [0.05, 0.1) is 11.9 Å². The van der Waals surface area contributed by atoms with Gasteiger partial charge < -0.3 is 19.3 Å². The number of hydrogen-bond acceptors (Lipinski definition) is 6. The number of nitrogens with one attached hydrogen (secondary N) is 1. The van der Waals surface area contributed by atoms with E-state index >= 15 is 0 Å². The van der Waals surface area contributed by atoms with Gasteiger partial charge in [0.2, 0.25) is 0 Å². The zero-order chi connectivity index (χ0) is 24.7. The van der Waals surface area contributed by atoms with Crippen LogP contribution in [0.25, 0.3) is 6.08 Å². The lowest BCUT2D eigenvalue weighted by molar-refractivity contribution is -0.179. The third-order valence-electron chi connectivity index (χ3n) is 10.7. The molecule has 5 rings (SSSR count). The zero-order valence-electron chi connectivity index (χ0n) is 21.6. The summed E-state index contributed by atoms with van der Waals surface area (Å²) in [5.74, 6) is 1.64. The van der Waals surface area contributed by atoms with Crippen LogP contribution in [0.3, 0.4) is 0 Å². The van der Waals surface area contributed by atoms with Crippen molar-refractivity contribution in [2.45, 2.75) is 78.6 Å². The van der Waals surface area contributed by atoms with Crippen molar-refractivity contribution in [3.63, 3.8) is 0 Å². The first-order chi connectivity index (χ1) is 16.9. The topological polar surface area (TPSA) is 93.7 Å². The van der Waals surface area contributed by atoms with Crippen molar-refractivity contribution >= 4 is 11.9 Å². The first kappa shape index (κ1) is 25.1. The number of carbonyl (C=O) groups is 1. The lowest BCUT2D eigenvalue weighted by Crippen LogP contribution is -2.61. The van der Waals surface area contributed by atoms with Crippen molar-refractivity contribution in [2.24, 2.45) is 34.0 Å². The first-order valence-corrected chi connectivity index (χ1v) is 13.5. The number of aliphatic hydroxyl groups is 1. The molecule has 1 aromatic heterocycles. The fourth-order valence-corrected chi connectivity index (χ4v) is 8.91. The average Bonchev–Trinajstić information content (AvgIpc) is 3.28. The van der Waals surface area contributed by atoms with Gasteiger partial charge in [0.15, 0.2) is 6.79 Å². The van der Waals surface area contributed by atoms with Crippen LogP contribution in [0.2, 0.25) is 0 Å². The molecule has 0 radical (unpaired) electrons. The van der Waals surface area contributed by atoms with E-state index < -0.39 is 0 Å². The molecule has 4 aliphatic rings. The van der Waals surface area contributed by atoms with Crippen molar-refractivity contribution in [3.8, 4) is 0 Å². The highest BCUT2D eigenvalue weighted by Gasteiger charge is 2.64. The fourth-order valence-electron chi connectivity index (χ4n) is 8.91. The van der Waals surface area contributed by atoms with Gasteiger partial charge in [0, 0.05) is 24.4 Å². The molecule has 0 unspecified atom stereocenters. The maximum Gasteiger partial charge on any atom is 0.152 e. The Hall–Kier alpha value is -1.54. The molecule has 1 heterocycles. The summed E-state index contributed by atoms with van der Waals surface area (Å²) in [7, 11) is 0. The van der Waals surface area contributed by atoms with Crippen LogP contribution in [0.1, 0.15) is 83.4 Å². The molecule has 0 spiro atoms. The maximum atomic E-state index is 14.1. The highest BCUT2D eigenvalue weighted by Crippen LogP contribution is 2.68. The number of ketones is 1. The monoisotopic (exact) mass is 486 g/mol. The van der Waals surface area contributed by atoms with Crippen LogP contribution in [-0.2, 0) is 25.4 Å². The summed E-state index contributed by atoms with van der Waals surface area (Å²) < 4.78 is 15.8. The van der Waals surface area contributed by atoms with E-state index in [4.69, 9.17) is 19.3 Å². The minimum Gasteiger partial charge on any atom is -0.371 e. The van der Waals surface area contributed by atoms with Crippen molar-refractivity contribution in [1.29, 1.82) is 0 Å². The molecule has 7 heteroatoms. The molecule has 0 bridgehead atoms. The lowest BCUT2D eigenvalue weighted by atomic mass is 9.39. The molecule has 0 aromatic carbocycles. The van der Waals surface area contributed by atoms with E-state index in [1.807, 2.05) is 6.20 Å². The lowest BCUT2D eigenvalue weighted by Gasteiger charge is -2.65. The number of H-pyrrole nitrogens is 1. The quantitative estimate of drug-likeness (QED) is 0.382. The maximum absolute atomic E-state index is 14.1. The molecule has 0 amide bonds. The molecule has 194 valence electrons. The van der Waals surface area contributed by atoms with Gasteiger partial charge in [-0.05, 0) is 79.3 Å². The number of aromatic nitrogens is 2. The standard InChI is InChI=1S/C28H42N2O5/c1-4-28(10-11-33-17-35-18-34-16-31)9-5-6-22-21-8-7-20-12-23-19(15-29-30-23)13-26(20,2)25(21)24(32)14-27(22,28)3/h12,15,21-22,25,31H,4-11,13-14,16-18H2,1-3H3,(H,29,30)/t21-,22-,25+,26-,27-,28+/m0/s1. The summed E-state index contributed by atoms with van der Waals surface area (Å²) >= 11 is 0. The predicted molar refractivity (Wildman–Crippen MR) is 132 cm³/mol. The van der Waals surface area contributed by atoms with Gasteiger partial charge in [-0.2, -0.15) is 5.10 Å². The minimum absolute atomic E-state index is 0.00944. The van der Waals surface area contributed by atoms with Crippen molar-refractivity contribution in [2.75, 3.05) is 27.0 Å². The smallest absolute Gasteiger partial charge is 0.152 e. The highest BCUT2D eigenvalue weighted by atomic mass is 16.8. The average molecular weight is 487 g/mol. The second-order valence-corrected chi connectivity index (χ2v) is 11.9. The van der Waals surface area contributed by atoms with Gasteiger partial charge in [0.1, 0.15) is 19.4 Å². The first-order valence-electron chi connectivity index (χ1n) is 13.5. The second-order valence-electron chi connectivity index (χ2n) is 11.9. The second kappa shape index (κ2) is 9.73. The molecular formula is C28H42N2O5. The summed E-state index contributed by atoms with van der Waals surface area (Å²) in [4.78, 5) is 14.1. The number of rotatable bonds is 9. The largest absolute Gasteiger partial charge is 0.371 e. The minimum atomic E-state index is -0.353. The highest BCUT2D eigenvalue weighted by molar-refractivity contribution is 5.85. The van der Waals surface area contributed by atoms with Crippen LogP contribution in [0.5, 0.6) is 0 Å². The Kier molecular flexibility index (Phi) is 6.98. The molecule has 4 aliphatic carbocycles. The number of carbonyl (C=O) groups excluding carboxylic acids is 1. The van der Waals surface area contributed by atoms with Gasteiger partial charge in [-0.15, -0.1) is 0 Å². The van der Waals surface area contributed by atoms with Gasteiger partial charge in [0.25, 0.3) is 0 Å². The normalized spacial score (nSPS) is 38.2. The molecular weight excluding hydrogens is 444 g/mol. The molecule has 0 saturated heterocycles. The van der Waals surface area contributed by atoms with Crippen LogP contribution >= 0.6 is 0 Å². The molecule has 1 aromatic rings. The predicted octanol–water partition coefficient (Wildman–Crippen LogP) is 4.86. The van der Waals surface area contributed by atoms with Gasteiger partial charge >= 0.3 is 0 Å². The third-order valence-corrected chi connectivity index (χ3v) is 10.7. The van der Waals surface area contributed by atoms with E-state index in [-0.39, 0.29) is 42.5 Å². The van der Waals surface area contributed by atoms with Crippen LogP contribution in [0.15, 0.2) is 11.8 Å². The Morgan fingerprint density at radius 2 is 2.00 bits per heavy atom. The summed E-state index contributed by atoms with van der Waals surface area (Å²) in [5, 5.41) is 16.1. The molecule has 7 nitrogen and oxygen atoms in total. The zero-order valence-corrected chi connectivity index (χ0v) is 21.6. The van der Waals surface area contributed by atoms with Gasteiger partial charge in [-0.3, -0.25) is 9.89 Å². The van der Waals surface area contributed by atoms with Crippen LogP contribution in [0, 0.1) is 34.0 Å². The molecule has 35 heavy (non-hydrogen) atoms. The van der Waals surface area contributed by atoms with E-state index in [0.29, 0.717) is 30.6 Å². The Morgan fingerprint density at radius 3 is 2.80 bits per heavy atom. The number of allylic oxidation sites excluding steroid dienone is 1. The molecule has 0 aliphatic heterocycles. The Balaban J connectivity index is 1.36. The number of aromatic amines is 1. The van der Waals surface area contributed by atoms with E-state index in [1.165, 1.54) is 30.4 Å². The van der Waals surface area contributed by atoms with Gasteiger partial charge in [-0.1, -0.05) is 32.8 Å². The summed E-state index contributed by atoms with van der Waals surface area (Å²) in [6, 6.07) is 0. The molecule has 3 fully saturated rings. The molecule has 2 N–H and O–H groups in total. The van der Waals surface area contributed by atoms with Crippen LogP contribution < -0.4 is 0 Å². The summed E-state index contributed by atoms with van der Waals surface area (Å²) in [6.07, 6.45) is 13.7. The Labute approximate surface area is 209 Å². The summed E-state index contributed by atoms with van der Waals surface area (Å²) in [5.41, 5.74) is 3.88. The van der Waals surface area contributed by atoms with E-state index in [1.54, 1.807) is 0 Å². The number of nitrogens with zero attached hydrogens (tertiary/aromatic N) is 1. The van der Waals surface area contributed by atoms with Gasteiger partial charge in [-0.25, -0.2) is 0 Å². The van der Waals surface area contributed by atoms with Crippen molar-refractivity contribution in [1.82, 2.24) is 10.2 Å². The number of Topliss-reactive ketones (excluding diaryl/α,β-unsaturated/α-hetero) is 1. The van der Waals surface area contributed by atoms with E-state index in [2.05, 4.69) is 37.0 Å². The number of fused-ring (bicyclic) bond motifs is 6. The third kappa shape index (κ3) is 4.03. The van der Waals surface area contributed by atoms with Crippen molar-refractivity contribution in [3.05, 3.63) is 23.0 Å². The Bertz CT molecular complexity index is 959. The van der Waals surface area contributed by atoms with E-state index in [0.717, 1.165) is 37.8 Å². The SMILES string of the molecule is CC[C@]1(CCOCOCOCO)CCC[C@H]2[C@@H]3CCC4=Cc5[nH]ncc5C[C@]4(C)[C@H]3C(=O)C[C@@]21C. The number of aliphatic hydroxyl groups excluding tert-OH is 1. The fraction of sp³-hybridized carbons (Fsp3) is 0.786. The molecule has 3 saturated carbocycles.